The fraction of sp³-hybridized carbons (Fsp3) is 0.625. The first-order valence-corrected chi connectivity index (χ1v) is 3.93. The van der Waals surface area contributed by atoms with Gasteiger partial charge in [0.15, 0.2) is 0 Å². The van der Waals surface area contributed by atoms with E-state index >= 15 is 0 Å². The van der Waals surface area contributed by atoms with Crippen LogP contribution in [0.4, 0.5) is 0 Å². The molecule has 1 heterocycles. The first kappa shape index (κ1) is 8.27. The molecule has 0 radical (unpaired) electrons. The van der Waals surface area contributed by atoms with Crippen LogP contribution in [0.3, 0.4) is 0 Å². The number of rotatable bonds is 0. The van der Waals surface area contributed by atoms with E-state index in [-0.39, 0.29) is 5.84 Å². The number of allylic oxidation sites excluding steroid dienone is 1. The van der Waals surface area contributed by atoms with Crippen LogP contribution in [-0.4, -0.2) is 22.7 Å². The summed E-state index contributed by atoms with van der Waals surface area (Å²) in [6, 6.07) is 0. The Kier molecular flexibility index (Phi) is 2.65. The maximum atomic E-state index is 9.13. The summed E-state index contributed by atoms with van der Waals surface area (Å²) >= 11 is 0. The van der Waals surface area contributed by atoms with Crippen molar-refractivity contribution in [3.05, 3.63) is 12.2 Å². The van der Waals surface area contributed by atoms with E-state index in [1.54, 1.807) is 6.08 Å². The molecular weight excluding hydrogens is 140 g/mol. The van der Waals surface area contributed by atoms with Crippen molar-refractivity contribution in [1.29, 1.82) is 5.41 Å². The van der Waals surface area contributed by atoms with Crippen LogP contribution in [0.25, 0.3) is 0 Å². The Morgan fingerprint density at radius 2 is 2.45 bits per heavy atom. The maximum Gasteiger partial charge on any atom is 0.144 e. The SMILES string of the molecule is C[C@H]1C=CC(=N)N(O)CCC1. The van der Waals surface area contributed by atoms with E-state index in [0.717, 1.165) is 17.9 Å². The molecule has 1 aliphatic heterocycles. The first-order chi connectivity index (χ1) is 5.20. The maximum absolute atomic E-state index is 9.13. The van der Waals surface area contributed by atoms with Crippen molar-refractivity contribution < 1.29 is 5.21 Å². The largest absolute Gasteiger partial charge is 0.287 e. The van der Waals surface area contributed by atoms with E-state index in [1.165, 1.54) is 0 Å². The smallest absolute Gasteiger partial charge is 0.144 e. The van der Waals surface area contributed by atoms with Crippen molar-refractivity contribution in [2.24, 2.45) is 5.92 Å². The van der Waals surface area contributed by atoms with E-state index < -0.39 is 0 Å². The summed E-state index contributed by atoms with van der Waals surface area (Å²) in [4.78, 5) is 0. The standard InChI is InChI=1S/C8H14N2O/c1-7-3-2-6-10(11)8(9)5-4-7/h4-5,7,9,11H,2-3,6H2,1H3/t7-/m1/s1. The van der Waals surface area contributed by atoms with E-state index in [2.05, 4.69) is 6.92 Å². The summed E-state index contributed by atoms with van der Waals surface area (Å²) in [6.07, 6.45) is 5.65. The fourth-order valence-electron chi connectivity index (χ4n) is 1.12. The van der Waals surface area contributed by atoms with Gasteiger partial charge in [-0.25, -0.2) is 5.06 Å². The molecule has 0 unspecified atom stereocenters. The van der Waals surface area contributed by atoms with Crippen LogP contribution < -0.4 is 0 Å². The molecule has 0 saturated carbocycles. The number of nitrogens with zero attached hydrogens (tertiary/aromatic N) is 1. The predicted molar refractivity (Wildman–Crippen MR) is 43.8 cm³/mol. The Hall–Kier alpha value is -0.830. The number of nitrogens with one attached hydrogen (secondary N) is 1. The lowest BCUT2D eigenvalue weighted by atomic mass is 10.0. The predicted octanol–water partition coefficient (Wildman–Crippen LogP) is 1.64. The van der Waals surface area contributed by atoms with Gasteiger partial charge in [-0.05, 0) is 24.8 Å². The average molecular weight is 154 g/mol. The van der Waals surface area contributed by atoms with Crippen LogP contribution in [0.1, 0.15) is 19.8 Å². The molecule has 0 amide bonds. The van der Waals surface area contributed by atoms with E-state index in [0.29, 0.717) is 12.5 Å². The van der Waals surface area contributed by atoms with Gasteiger partial charge in [-0.3, -0.25) is 10.6 Å². The van der Waals surface area contributed by atoms with Gasteiger partial charge in [0.05, 0.1) is 0 Å². The van der Waals surface area contributed by atoms with Crippen molar-refractivity contribution in [2.45, 2.75) is 19.8 Å². The number of hydrogen-bond acceptors (Lipinski definition) is 2. The third-order valence-electron chi connectivity index (χ3n) is 1.89. The minimum absolute atomic E-state index is 0.191. The number of hydroxylamine groups is 2. The van der Waals surface area contributed by atoms with Crippen molar-refractivity contribution in [2.75, 3.05) is 6.54 Å². The van der Waals surface area contributed by atoms with Crippen molar-refractivity contribution >= 4 is 5.84 Å². The molecule has 0 fully saturated rings. The van der Waals surface area contributed by atoms with Gasteiger partial charge in [0, 0.05) is 6.54 Å². The molecule has 0 aliphatic carbocycles. The normalized spacial score (nSPS) is 26.5. The molecule has 3 nitrogen and oxygen atoms in total. The Morgan fingerprint density at radius 1 is 1.73 bits per heavy atom. The van der Waals surface area contributed by atoms with Gasteiger partial charge >= 0.3 is 0 Å². The van der Waals surface area contributed by atoms with Crippen LogP contribution in [0.5, 0.6) is 0 Å². The van der Waals surface area contributed by atoms with E-state index in [4.69, 9.17) is 10.6 Å². The molecular formula is C8H14N2O. The van der Waals surface area contributed by atoms with Gasteiger partial charge in [0.25, 0.3) is 0 Å². The fourth-order valence-corrected chi connectivity index (χ4v) is 1.12. The zero-order chi connectivity index (χ0) is 8.27. The lowest BCUT2D eigenvalue weighted by Gasteiger charge is -2.18. The van der Waals surface area contributed by atoms with Crippen molar-refractivity contribution in [1.82, 2.24) is 5.06 Å². The second-order valence-corrected chi connectivity index (χ2v) is 2.99. The Balaban J connectivity index is 2.60. The molecule has 2 N–H and O–H groups in total. The molecule has 1 rings (SSSR count). The molecule has 1 atom stereocenters. The second kappa shape index (κ2) is 3.53. The number of hydrogen-bond donors (Lipinski definition) is 2. The third kappa shape index (κ3) is 2.35. The summed E-state index contributed by atoms with van der Waals surface area (Å²) < 4.78 is 0. The first-order valence-electron chi connectivity index (χ1n) is 3.93. The van der Waals surface area contributed by atoms with Crippen LogP contribution >= 0.6 is 0 Å². The molecule has 62 valence electrons. The monoisotopic (exact) mass is 154 g/mol. The highest BCUT2D eigenvalue weighted by Gasteiger charge is 2.07. The van der Waals surface area contributed by atoms with E-state index in [1.807, 2.05) is 6.08 Å². The molecule has 0 spiro atoms. The molecule has 0 aromatic heterocycles. The molecule has 1 aliphatic rings. The van der Waals surface area contributed by atoms with Gasteiger partial charge in [-0.1, -0.05) is 13.0 Å². The highest BCUT2D eigenvalue weighted by Crippen LogP contribution is 2.10. The van der Waals surface area contributed by atoms with Crippen molar-refractivity contribution in [3.63, 3.8) is 0 Å². The second-order valence-electron chi connectivity index (χ2n) is 2.99. The lowest BCUT2D eigenvalue weighted by Crippen LogP contribution is -2.27. The Labute approximate surface area is 66.8 Å². The van der Waals surface area contributed by atoms with Crippen LogP contribution in [0.2, 0.25) is 0 Å². The quantitative estimate of drug-likeness (QED) is 0.557. The molecule has 0 aromatic rings. The number of amidine groups is 1. The summed E-state index contributed by atoms with van der Waals surface area (Å²) in [5.74, 6) is 0.723. The van der Waals surface area contributed by atoms with Gasteiger partial charge in [-0.2, -0.15) is 0 Å². The van der Waals surface area contributed by atoms with E-state index in [9.17, 15) is 0 Å². The highest BCUT2D eigenvalue weighted by atomic mass is 16.5. The Morgan fingerprint density at radius 3 is 3.18 bits per heavy atom. The lowest BCUT2D eigenvalue weighted by molar-refractivity contribution is -0.0165. The van der Waals surface area contributed by atoms with Crippen LogP contribution in [0.15, 0.2) is 12.2 Å². The molecule has 0 aromatic carbocycles. The topological polar surface area (TPSA) is 47.3 Å². The average Bonchev–Trinajstić information content (AvgIpc) is 1.98. The van der Waals surface area contributed by atoms with Gasteiger partial charge in [-0.15, -0.1) is 0 Å². The summed E-state index contributed by atoms with van der Waals surface area (Å²) in [6.45, 7) is 2.70. The van der Waals surface area contributed by atoms with Crippen molar-refractivity contribution in [3.8, 4) is 0 Å². The molecule has 0 saturated heterocycles. The van der Waals surface area contributed by atoms with Gasteiger partial charge in [0.2, 0.25) is 0 Å². The Bertz CT molecular complexity index is 177. The summed E-state index contributed by atoms with van der Waals surface area (Å²) in [7, 11) is 0. The summed E-state index contributed by atoms with van der Waals surface area (Å²) in [5, 5.41) is 17.4. The van der Waals surface area contributed by atoms with Gasteiger partial charge in [0.1, 0.15) is 5.84 Å². The van der Waals surface area contributed by atoms with Crippen LogP contribution in [-0.2, 0) is 0 Å². The molecule has 3 heteroatoms. The minimum atomic E-state index is 0.191. The molecule has 0 bridgehead atoms. The van der Waals surface area contributed by atoms with Crippen LogP contribution in [0, 0.1) is 11.3 Å². The highest BCUT2D eigenvalue weighted by molar-refractivity contribution is 5.89. The zero-order valence-electron chi connectivity index (χ0n) is 6.75. The minimum Gasteiger partial charge on any atom is -0.287 e. The zero-order valence-corrected chi connectivity index (χ0v) is 6.75. The molecule has 11 heavy (non-hydrogen) atoms. The van der Waals surface area contributed by atoms with Gasteiger partial charge < -0.3 is 0 Å². The third-order valence-corrected chi connectivity index (χ3v) is 1.89. The summed E-state index contributed by atoms with van der Waals surface area (Å²) in [5.41, 5.74) is 0.